The van der Waals surface area contributed by atoms with E-state index < -0.39 is 6.61 Å². The second kappa shape index (κ2) is 9.90. The third kappa shape index (κ3) is 5.08. The van der Waals surface area contributed by atoms with Crippen molar-refractivity contribution in [1.82, 2.24) is 14.9 Å². The molecule has 11 heteroatoms. The number of ether oxygens (including phenoxy) is 2. The average Bonchev–Trinajstić information content (AvgIpc) is 3.20. The Morgan fingerprint density at radius 2 is 2.13 bits per heavy atom. The first-order valence-corrected chi connectivity index (χ1v) is 10.8. The van der Waals surface area contributed by atoms with Gasteiger partial charge >= 0.3 is 6.61 Å². The first kappa shape index (κ1) is 22.0. The van der Waals surface area contributed by atoms with Crippen molar-refractivity contribution in [2.45, 2.75) is 31.8 Å². The fourth-order valence-corrected chi connectivity index (χ4v) is 4.38. The maximum atomic E-state index is 12.5. The molecule has 0 aliphatic rings. The molecular formula is C19H19F2N3O4S2. The van der Waals surface area contributed by atoms with E-state index in [9.17, 15) is 18.4 Å². The van der Waals surface area contributed by atoms with Crippen LogP contribution in [0.3, 0.4) is 0 Å². The number of amides is 1. The van der Waals surface area contributed by atoms with E-state index in [1.165, 1.54) is 42.3 Å². The highest BCUT2D eigenvalue weighted by Crippen LogP contribution is 2.29. The van der Waals surface area contributed by atoms with Crippen molar-refractivity contribution in [2.24, 2.45) is 0 Å². The molecule has 0 saturated heterocycles. The number of carbonyl (C=O) groups excluding carboxylic acids is 1. The Kier molecular flexibility index (Phi) is 7.27. The van der Waals surface area contributed by atoms with Gasteiger partial charge in [0.2, 0.25) is 5.91 Å². The van der Waals surface area contributed by atoms with Gasteiger partial charge in [-0.25, -0.2) is 4.98 Å². The molecule has 2 heterocycles. The Labute approximate surface area is 179 Å². The number of fused-ring (bicyclic) bond motifs is 1. The van der Waals surface area contributed by atoms with Crippen LogP contribution in [0.25, 0.3) is 10.2 Å². The minimum atomic E-state index is -2.95. The molecule has 0 unspecified atom stereocenters. The zero-order chi connectivity index (χ0) is 21.7. The van der Waals surface area contributed by atoms with Crippen LogP contribution in [0.5, 0.6) is 11.5 Å². The second-order valence-electron chi connectivity index (χ2n) is 6.01. The van der Waals surface area contributed by atoms with E-state index in [0.29, 0.717) is 27.5 Å². The lowest BCUT2D eigenvalue weighted by Crippen LogP contribution is -2.26. The second-order valence-corrected chi connectivity index (χ2v) is 7.87. The highest BCUT2D eigenvalue weighted by atomic mass is 32.2. The number of nitrogens with zero attached hydrogens (tertiary/aromatic N) is 2. The van der Waals surface area contributed by atoms with E-state index >= 15 is 0 Å². The Bertz CT molecular complexity index is 1100. The van der Waals surface area contributed by atoms with Crippen molar-refractivity contribution in [2.75, 3.05) is 12.9 Å². The molecule has 1 aromatic carbocycles. The molecule has 3 rings (SSSR count). The van der Waals surface area contributed by atoms with Crippen LogP contribution >= 0.6 is 23.1 Å². The predicted molar refractivity (Wildman–Crippen MR) is 112 cm³/mol. The number of hydrogen-bond donors (Lipinski definition) is 1. The smallest absolute Gasteiger partial charge is 0.387 e. The summed E-state index contributed by atoms with van der Waals surface area (Å²) in [6, 6.07) is 6.22. The summed E-state index contributed by atoms with van der Waals surface area (Å²) in [6.45, 7) is -0.468. The molecule has 0 fully saturated rings. The first-order valence-electron chi connectivity index (χ1n) is 8.92. The number of methoxy groups -OCH3 is 1. The standard InChI is InChI=1S/C19H19F2N3O4S2/c1-3-24-17(26)16-12(6-7-29-16)23-19(24)30-10-15(25)22-9-11-4-5-13(28-18(20)21)14(8-11)27-2/h4-8,18H,3,9-10H2,1-2H3,(H,22,25). The number of carbonyl (C=O) groups is 1. The average molecular weight is 456 g/mol. The number of aromatic nitrogens is 2. The fourth-order valence-electron chi connectivity index (χ4n) is 2.71. The number of alkyl halides is 2. The molecule has 3 aromatic rings. The SMILES string of the molecule is CCn1c(SCC(=O)NCc2ccc(OC(F)F)c(OC)c2)nc2ccsc2c1=O. The number of nitrogens with one attached hydrogen (secondary N) is 1. The molecule has 0 saturated carbocycles. The van der Waals surface area contributed by atoms with Crippen molar-refractivity contribution >= 4 is 39.2 Å². The molecule has 7 nitrogen and oxygen atoms in total. The number of halogens is 2. The molecule has 1 amide bonds. The van der Waals surface area contributed by atoms with Crippen LogP contribution in [-0.2, 0) is 17.9 Å². The lowest BCUT2D eigenvalue weighted by molar-refractivity contribution is -0.118. The zero-order valence-corrected chi connectivity index (χ0v) is 17.8. The molecule has 0 spiro atoms. The monoisotopic (exact) mass is 455 g/mol. The van der Waals surface area contributed by atoms with Gasteiger partial charge in [0.1, 0.15) is 4.70 Å². The Balaban J connectivity index is 1.62. The molecule has 30 heavy (non-hydrogen) atoms. The molecular weight excluding hydrogens is 436 g/mol. The van der Waals surface area contributed by atoms with Crippen LogP contribution in [0.2, 0.25) is 0 Å². The van der Waals surface area contributed by atoms with Crippen LogP contribution in [0.15, 0.2) is 39.6 Å². The van der Waals surface area contributed by atoms with Gasteiger partial charge in [0.05, 0.1) is 18.4 Å². The maximum Gasteiger partial charge on any atom is 0.387 e. The number of thiophene rings is 1. The van der Waals surface area contributed by atoms with Gasteiger partial charge in [-0.05, 0) is 36.1 Å². The fraction of sp³-hybridized carbons (Fsp3) is 0.316. The van der Waals surface area contributed by atoms with Crippen molar-refractivity contribution < 1.29 is 23.0 Å². The summed E-state index contributed by atoms with van der Waals surface area (Å²) < 4.78 is 36.4. The van der Waals surface area contributed by atoms with Gasteiger partial charge in [-0.2, -0.15) is 8.78 Å². The van der Waals surface area contributed by atoms with E-state index in [0.717, 1.165) is 0 Å². The Morgan fingerprint density at radius 3 is 2.83 bits per heavy atom. The summed E-state index contributed by atoms with van der Waals surface area (Å²) in [5.74, 6) is -0.109. The number of benzene rings is 1. The van der Waals surface area contributed by atoms with E-state index in [1.807, 2.05) is 12.3 Å². The van der Waals surface area contributed by atoms with Crippen LogP contribution in [-0.4, -0.2) is 34.9 Å². The third-order valence-electron chi connectivity index (χ3n) is 4.11. The topological polar surface area (TPSA) is 82.5 Å². The van der Waals surface area contributed by atoms with Gasteiger partial charge < -0.3 is 14.8 Å². The summed E-state index contributed by atoms with van der Waals surface area (Å²) in [5, 5.41) is 5.04. The van der Waals surface area contributed by atoms with Crippen molar-refractivity contribution in [3.8, 4) is 11.5 Å². The van der Waals surface area contributed by atoms with Crippen molar-refractivity contribution in [3.05, 3.63) is 45.6 Å². The molecule has 0 atom stereocenters. The minimum Gasteiger partial charge on any atom is -0.493 e. The lowest BCUT2D eigenvalue weighted by atomic mass is 10.2. The predicted octanol–water partition coefficient (Wildman–Crippen LogP) is 3.50. The van der Waals surface area contributed by atoms with Crippen LogP contribution in [0.1, 0.15) is 12.5 Å². The third-order valence-corrected chi connectivity index (χ3v) is 5.98. The summed E-state index contributed by atoms with van der Waals surface area (Å²) in [4.78, 5) is 29.2. The van der Waals surface area contributed by atoms with Crippen molar-refractivity contribution in [1.29, 1.82) is 0 Å². The zero-order valence-electron chi connectivity index (χ0n) is 16.2. The molecule has 160 valence electrons. The quantitative estimate of drug-likeness (QED) is 0.393. The van der Waals surface area contributed by atoms with Crippen LogP contribution in [0.4, 0.5) is 8.78 Å². The van der Waals surface area contributed by atoms with E-state index in [2.05, 4.69) is 15.0 Å². The number of thioether (sulfide) groups is 1. The molecule has 1 N–H and O–H groups in total. The molecule has 0 aliphatic carbocycles. The maximum absolute atomic E-state index is 12.5. The lowest BCUT2D eigenvalue weighted by Gasteiger charge is -2.12. The normalized spacial score (nSPS) is 11.1. The van der Waals surface area contributed by atoms with Gasteiger partial charge in [0.25, 0.3) is 5.56 Å². The van der Waals surface area contributed by atoms with Gasteiger partial charge in [-0.1, -0.05) is 17.8 Å². The minimum absolute atomic E-state index is 0.0752. The van der Waals surface area contributed by atoms with Gasteiger partial charge in [-0.3, -0.25) is 14.2 Å². The highest BCUT2D eigenvalue weighted by Gasteiger charge is 2.14. The number of rotatable bonds is 9. The van der Waals surface area contributed by atoms with Crippen LogP contribution < -0.4 is 20.3 Å². The highest BCUT2D eigenvalue weighted by molar-refractivity contribution is 7.99. The molecule has 0 aliphatic heterocycles. The van der Waals surface area contributed by atoms with Gasteiger partial charge in [-0.15, -0.1) is 11.3 Å². The van der Waals surface area contributed by atoms with E-state index in [-0.39, 0.29) is 35.3 Å². The molecule has 0 radical (unpaired) electrons. The summed E-state index contributed by atoms with van der Waals surface area (Å²) in [6.07, 6.45) is 0. The van der Waals surface area contributed by atoms with Crippen molar-refractivity contribution in [3.63, 3.8) is 0 Å². The summed E-state index contributed by atoms with van der Waals surface area (Å²) >= 11 is 2.52. The van der Waals surface area contributed by atoms with Crippen LogP contribution in [0, 0.1) is 0 Å². The first-order chi connectivity index (χ1) is 14.4. The largest absolute Gasteiger partial charge is 0.493 e. The summed E-state index contributed by atoms with van der Waals surface area (Å²) in [5.41, 5.74) is 1.17. The van der Waals surface area contributed by atoms with E-state index in [4.69, 9.17) is 4.74 Å². The van der Waals surface area contributed by atoms with Gasteiger partial charge in [0.15, 0.2) is 16.7 Å². The van der Waals surface area contributed by atoms with Gasteiger partial charge in [0, 0.05) is 13.1 Å². The van der Waals surface area contributed by atoms with E-state index in [1.54, 1.807) is 16.7 Å². The molecule has 0 bridgehead atoms. The molecule has 2 aromatic heterocycles. The number of hydrogen-bond acceptors (Lipinski definition) is 7. The summed E-state index contributed by atoms with van der Waals surface area (Å²) in [7, 11) is 1.34. The Hall–Kier alpha value is -2.66. The Morgan fingerprint density at radius 1 is 1.33 bits per heavy atom.